The predicted molar refractivity (Wildman–Crippen MR) is 99.0 cm³/mol. The Balaban J connectivity index is 1.86. The summed E-state index contributed by atoms with van der Waals surface area (Å²) in [5.41, 5.74) is 2.84. The fraction of sp³-hybridized carbons (Fsp3) is 0.300. The van der Waals surface area contributed by atoms with Crippen molar-refractivity contribution < 1.29 is 24.2 Å². The third-order valence-electron chi connectivity index (χ3n) is 3.88. The lowest BCUT2D eigenvalue weighted by molar-refractivity contribution is -0.139. The maximum Gasteiger partial charge on any atom is 0.341 e. The minimum absolute atomic E-state index is 0.0745. The van der Waals surface area contributed by atoms with E-state index in [2.05, 4.69) is 0 Å². The van der Waals surface area contributed by atoms with Gasteiger partial charge in [-0.2, -0.15) is 0 Å². The molecule has 0 aromatic heterocycles. The van der Waals surface area contributed by atoms with Gasteiger partial charge in [-0.3, -0.25) is 4.79 Å². The average molecular weight is 357 g/mol. The predicted octanol–water partition coefficient (Wildman–Crippen LogP) is 3.20. The van der Waals surface area contributed by atoms with Crippen LogP contribution in [-0.2, 0) is 9.59 Å². The maximum atomic E-state index is 12.3. The highest BCUT2D eigenvalue weighted by Crippen LogP contribution is 2.21. The van der Waals surface area contributed by atoms with Crippen molar-refractivity contribution in [1.82, 2.24) is 0 Å². The molecule has 0 saturated heterocycles. The molecule has 0 aliphatic rings. The second-order valence-electron chi connectivity index (χ2n) is 6.00. The fourth-order valence-corrected chi connectivity index (χ4v) is 2.33. The molecule has 0 radical (unpaired) electrons. The normalized spacial score (nSPS) is 10.3. The van der Waals surface area contributed by atoms with Crippen LogP contribution in [0.15, 0.2) is 42.5 Å². The van der Waals surface area contributed by atoms with Crippen LogP contribution in [0.1, 0.15) is 17.5 Å². The molecule has 138 valence electrons. The van der Waals surface area contributed by atoms with Crippen molar-refractivity contribution in [2.75, 3.05) is 25.2 Å². The molecule has 2 aromatic rings. The van der Waals surface area contributed by atoms with Crippen LogP contribution in [0, 0.1) is 13.8 Å². The molecule has 2 aromatic carbocycles. The zero-order valence-electron chi connectivity index (χ0n) is 15.2. The Bertz CT molecular complexity index is 770. The number of hydrogen-bond donors (Lipinski definition) is 1. The highest BCUT2D eigenvalue weighted by molar-refractivity contribution is 5.92. The van der Waals surface area contributed by atoms with Crippen LogP contribution in [0.5, 0.6) is 11.5 Å². The number of anilines is 1. The van der Waals surface area contributed by atoms with E-state index in [4.69, 9.17) is 14.6 Å². The Hall–Kier alpha value is -3.02. The molecule has 1 amide bonds. The van der Waals surface area contributed by atoms with Crippen molar-refractivity contribution in [3.05, 3.63) is 53.6 Å². The number of hydrogen-bond acceptors (Lipinski definition) is 4. The van der Waals surface area contributed by atoms with E-state index < -0.39 is 12.6 Å². The summed E-state index contributed by atoms with van der Waals surface area (Å²) in [7, 11) is 1.69. The molecule has 2 rings (SSSR count). The minimum atomic E-state index is -1.04. The van der Waals surface area contributed by atoms with E-state index in [-0.39, 0.29) is 12.3 Å². The largest absolute Gasteiger partial charge is 0.493 e. The molecule has 0 saturated carbocycles. The highest BCUT2D eigenvalue weighted by atomic mass is 16.5. The van der Waals surface area contributed by atoms with Crippen molar-refractivity contribution in [1.29, 1.82) is 0 Å². The highest BCUT2D eigenvalue weighted by Gasteiger charge is 2.12. The van der Waals surface area contributed by atoms with Gasteiger partial charge in [0.15, 0.2) is 6.61 Å². The van der Waals surface area contributed by atoms with Crippen LogP contribution in [0.3, 0.4) is 0 Å². The van der Waals surface area contributed by atoms with Crippen LogP contribution in [0.25, 0.3) is 0 Å². The lowest BCUT2D eigenvalue weighted by Gasteiger charge is -2.18. The van der Waals surface area contributed by atoms with E-state index in [0.717, 1.165) is 16.9 Å². The molecule has 0 heterocycles. The fourth-order valence-electron chi connectivity index (χ4n) is 2.33. The summed E-state index contributed by atoms with van der Waals surface area (Å²) in [6, 6.07) is 12.7. The number of carbonyl (C=O) groups excluding carboxylic acids is 1. The van der Waals surface area contributed by atoms with Gasteiger partial charge in [0.05, 0.1) is 13.0 Å². The number of carboxylic acids is 1. The summed E-state index contributed by atoms with van der Waals surface area (Å²) >= 11 is 0. The van der Waals surface area contributed by atoms with E-state index in [0.29, 0.717) is 18.0 Å². The van der Waals surface area contributed by atoms with Crippen molar-refractivity contribution in [2.24, 2.45) is 0 Å². The number of amides is 1. The Morgan fingerprint density at radius 1 is 1.04 bits per heavy atom. The lowest BCUT2D eigenvalue weighted by atomic mass is 10.1. The summed E-state index contributed by atoms with van der Waals surface area (Å²) in [6.07, 6.45) is 0.251. The third kappa shape index (κ3) is 5.51. The summed E-state index contributed by atoms with van der Waals surface area (Å²) in [5, 5.41) is 8.60. The van der Waals surface area contributed by atoms with Gasteiger partial charge in [-0.1, -0.05) is 12.1 Å². The topological polar surface area (TPSA) is 76.1 Å². The smallest absolute Gasteiger partial charge is 0.341 e. The molecular formula is C20H23NO5. The van der Waals surface area contributed by atoms with Gasteiger partial charge in [-0.15, -0.1) is 0 Å². The number of carboxylic acid groups (broad SMARTS) is 1. The van der Waals surface area contributed by atoms with Gasteiger partial charge in [-0.25, -0.2) is 4.79 Å². The average Bonchev–Trinajstić information content (AvgIpc) is 2.62. The Morgan fingerprint density at radius 2 is 1.73 bits per heavy atom. The van der Waals surface area contributed by atoms with E-state index in [1.54, 1.807) is 31.3 Å². The third-order valence-corrected chi connectivity index (χ3v) is 3.88. The van der Waals surface area contributed by atoms with E-state index in [1.165, 1.54) is 4.90 Å². The number of aryl methyl sites for hydroxylation is 2. The van der Waals surface area contributed by atoms with Crippen molar-refractivity contribution in [2.45, 2.75) is 20.3 Å². The van der Waals surface area contributed by atoms with Gasteiger partial charge in [0.2, 0.25) is 5.91 Å². The zero-order chi connectivity index (χ0) is 19.1. The molecule has 0 aliphatic carbocycles. The van der Waals surface area contributed by atoms with E-state index in [1.807, 2.05) is 32.0 Å². The number of aliphatic carboxylic acids is 1. The molecular weight excluding hydrogens is 334 g/mol. The first-order valence-electron chi connectivity index (χ1n) is 8.28. The summed E-state index contributed by atoms with van der Waals surface area (Å²) in [5.74, 6) is 0.121. The molecule has 6 nitrogen and oxygen atoms in total. The Kier molecular flexibility index (Phi) is 6.60. The molecule has 0 aliphatic heterocycles. The first-order valence-corrected chi connectivity index (χ1v) is 8.28. The van der Waals surface area contributed by atoms with Crippen molar-refractivity contribution >= 4 is 17.6 Å². The number of ether oxygens (including phenoxy) is 2. The monoisotopic (exact) mass is 357 g/mol. The Morgan fingerprint density at radius 3 is 2.38 bits per heavy atom. The van der Waals surface area contributed by atoms with Gasteiger partial charge >= 0.3 is 5.97 Å². The SMILES string of the molecule is Cc1ccc(C)c(OCCC(=O)N(C)c2ccc(OCC(=O)O)cc2)c1. The number of rotatable bonds is 8. The van der Waals surface area contributed by atoms with Crippen molar-refractivity contribution in [3.8, 4) is 11.5 Å². The van der Waals surface area contributed by atoms with Crippen molar-refractivity contribution in [3.63, 3.8) is 0 Å². The quantitative estimate of drug-likeness (QED) is 0.785. The molecule has 1 N–H and O–H groups in total. The first kappa shape index (κ1) is 19.3. The first-order chi connectivity index (χ1) is 12.4. The molecule has 0 spiro atoms. The van der Waals surface area contributed by atoms with Crippen LogP contribution >= 0.6 is 0 Å². The van der Waals surface area contributed by atoms with Gasteiger partial charge in [0, 0.05) is 12.7 Å². The summed E-state index contributed by atoms with van der Waals surface area (Å²) in [6.45, 7) is 3.86. The number of carbonyl (C=O) groups is 2. The minimum Gasteiger partial charge on any atom is -0.493 e. The summed E-state index contributed by atoms with van der Waals surface area (Å²) < 4.78 is 10.8. The second-order valence-corrected chi connectivity index (χ2v) is 6.00. The van der Waals surface area contributed by atoms with Gasteiger partial charge in [0.25, 0.3) is 0 Å². The van der Waals surface area contributed by atoms with Crippen LogP contribution in [-0.4, -0.2) is 37.2 Å². The van der Waals surface area contributed by atoms with E-state index in [9.17, 15) is 9.59 Å². The molecule has 0 bridgehead atoms. The van der Waals surface area contributed by atoms with Gasteiger partial charge in [0.1, 0.15) is 11.5 Å². The van der Waals surface area contributed by atoms with Crippen LogP contribution in [0.4, 0.5) is 5.69 Å². The molecule has 0 atom stereocenters. The number of nitrogens with zero attached hydrogens (tertiary/aromatic N) is 1. The lowest BCUT2D eigenvalue weighted by Crippen LogP contribution is -2.27. The second kappa shape index (κ2) is 8.89. The van der Waals surface area contributed by atoms with Gasteiger partial charge in [-0.05, 0) is 55.3 Å². The zero-order valence-corrected chi connectivity index (χ0v) is 15.2. The molecule has 0 unspecified atom stereocenters. The molecule has 0 fully saturated rings. The molecule has 6 heteroatoms. The number of benzene rings is 2. The molecule has 26 heavy (non-hydrogen) atoms. The van der Waals surface area contributed by atoms with Gasteiger partial charge < -0.3 is 19.5 Å². The van der Waals surface area contributed by atoms with E-state index >= 15 is 0 Å². The Labute approximate surface area is 153 Å². The maximum absolute atomic E-state index is 12.3. The van der Waals surface area contributed by atoms with Crippen LogP contribution in [0.2, 0.25) is 0 Å². The standard InChI is InChI=1S/C20H23NO5/c1-14-4-5-15(2)18(12-14)25-11-10-19(22)21(3)16-6-8-17(9-7-16)26-13-20(23)24/h4-9,12H,10-11,13H2,1-3H3,(H,23,24). The summed E-state index contributed by atoms with van der Waals surface area (Å²) in [4.78, 5) is 24.3. The van der Waals surface area contributed by atoms with Crippen LogP contribution < -0.4 is 14.4 Å².